The molecule has 0 bridgehead atoms. The second-order valence-electron chi connectivity index (χ2n) is 6.69. The fraction of sp³-hybridized carbons (Fsp3) is 0.130. The van der Waals surface area contributed by atoms with E-state index in [9.17, 15) is 19.7 Å². The molecule has 0 heterocycles. The average Bonchev–Trinajstić information content (AvgIpc) is 2.83. The molecule has 3 aromatic carbocycles. The van der Waals surface area contributed by atoms with Crippen LogP contribution in [0.3, 0.4) is 0 Å². The van der Waals surface area contributed by atoms with E-state index in [1.165, 1.54) is 43.1 Å². The first-order valence-corrected chi connectivity index (χ1v) is 10.7. The second kappa shape index (κ2) is 11.0. The van der Waals surface area contributed by atoms with Crippen LogP contribution in [0.15, 0.2) is 71.6 Å². The highest BCUT2D eigenvalue weighted by Crippen LogP contribution is 2.29. The Labute approximate surface area is 194 Å². The molecule has 0 aromatic heterocycles. The lowest BCUT2D eigenvalue weighted by molar-refractivity contribution is -0.384. The summed E-state index contributed by atoms with van der Waals surface area (Å²) < 4.78 is 10.4. The zero-order valence-electron chi connectivity index (χ0n) is 17.9. The predicted molar refractivity (Wildman–Crippen MR) is 126 cm³/mol. The summed E-state index contributed by atoms with van der Waals surface area (Å²) in [6.45, 7) is 0. The van der Waals surface area contributed by atoms with E-state index in [1.807, 2.05) is 6.07 Å². The molecule has 170 valence electrons. The Hall–Kier alpha value is -4.05. The van der Waals surface area contributed by atoms with Crippen LogP contribution in [0.2, 0.25) is 0 Å². The molecule has 0 saturated heterocycles. The number of hydrogen-bond donors (Lipinski definition) is 2. The summed E-state index contributed by atoms with van der Waals surface area (Å²) in [6, 6.07) is 17.5. The first kappa shape index (κ1) is 23.6. The van der Waals surface area contributed by atoms with E-state index in [1.54, 1.807) is 43.5 Å². The van der Waals surface area contributed by atoms with Crippen molar-refractivity contribution in [3.05, 3.63) is 82.4 Å². The van der Waals surface area contributed by atoms with E-state index in [0.29, 0.717) is 28.4 Å². The molecule has 3 rings (SSSR count). The highest BCUT2D eigenvalue weighted by molar-refractivity contribution is 8.00. The van der Waals surface area contributed by atoms with Crippen molar-refractivity contribution in [3.8, 4) is 11.5 Å². The number of rotatable bonds is 9. The lowest BCUT2D eigenvalue weighted by Crippen LogP contribution is -2.15. The largest absolute Gasteiger partial charge is 0.497 e. The Bertz CT molecular complexity index is 1170. The van der Waals surface area contributed by atoms with Crippen LogP contribution in [-0.2, 0) is 4.79 Å². The maximum absolute atomic E-state index is 12.4. The van der Waals surface area contributed by atoms with E-state index in [0.717, 1.165) is 4.90 Å². The van der Waals surface area contributed by atoms with Crippen molar-refractivity contribution in [2.24, 2.45) is 0 Å². The molecule has 0 radical (unpaired) electrons. The number of carbonyl (C=O) groups is 2. The molecule has 10 heteroatoms. The van der Waals surface area contributed by atoms with Gasteiger partial charge in [0.2, 0.25) is 5.91 Å². The number of ether oxygens (including phenoxy) is 2. The maximum Gasteiger partial charge on any atom is 0.269 e. The van der Waals surface area contributed by atoms with Crippen LogP contribution in [0, 0.1) is 10.1 Å². The normalized spacial score (nSPS) is 10.2. The second-order valence-corrected chi connectivity index (χ2v) is 7.74. The molecule has 0 saturated carbocycles. The molecule has 0 fully saturated rings. The monoisotopic (exact) mass is 467 g/mol. The van der Waals surface area contributed by atoms with E-state index in [2.05, 4.69) is 10.6 Å². The Morgan fingerprint density at radius 2 is 1.73 bits per heavy atom. The first-order valence-electron chi connectivity index (χ1n) is 9.70. The van der Waals surface area contributed by atoms with Gasteiger partial charge in [-0.3, -0.25) is 19.7 Å². The molecule has 0 aliphatic rings. The molecule has 2 N–H and O–H groups in total. The molecule has 2 amide bonds. The van der Waals surface area contributed by atoms with Gasteiger partial charge in [0.25, 0.3) is 11.6 Å². The lowest BCUT2D eigenvalue weighted by Gasteiger charge is -2.12. The molecule has 0 spiro atoms. The van der Waals surface area contributed by atoms with Gasteiger partial charge in [0.1, 0.15) is 11.5 Å². The highest BCUT2D eigenvalue weighted by Gasteiger charge is 2.12. The van der Waals surface area contributed by atoms with Gasteiger partial charge in [-0.2, -0.15) is 0 Å². The Kier molecular flexibility index (Phi) is 7.87. The third-order valence-electron chi connectivity index (χ3n) is 4.48. The van der Waals surface area contributed by atoms with E-state index in [-0.39, 0.29) is 17.3 Å². The zero-order valence-corrected chi connectivity index (χ0v) is 18.7. The molecule has 0 aliphatic carbocycles. The van der Waals surface area contributed by atoms with Crippen LogP contribution >= 0.6 is 11.8 Å². The average molecular weight is 468 g/mol. The van der Waals surface area contributed by atoms with Crippen molar-refractivity contribution >= 4 is 40.6 Å². The molecule has 0 aliphatic heterocycles. The van der Waals surface area contributed by atoms with Crippen LogP contribution in [0.25, 0.3) is 0 Å². The quantitative estimate of drug-likeness (QED) is 0.268. The van der Waals surface area contributed by atoms with Crippen LogP contribution < -0.4 is 20.1 Å². The summed E-state index contributed by atoms with van der Waals surface area (Å²) in [7, 11) is 3.06. The van der Waals surface area contributed by atoms with Crippen LogP contribution in [0.5, 0.6) is 11.5 Å². The smallest absolute Gasteiger partial charge is 0.269 e. The van der Waals surface area contributed by atoms with Gasteiger partial charge in [-0.1, -0.05) is 6.07 Å². The van der Waals surface area contributed by atoms with Gasteiger partial charge in [-0.05, 0) is 42.5 Å². The summed E-state index contributed by atoms with van der Waals surface area (Å²) in [4.78, 5) is 35.8. The van der Waals surface area contributed by atoms with E-state index < -0.39 is 10.8 Å². The number of nitrogens with zero attached hydrogens (tertiary/aromatic N) is 1. The molecular formula is C23H21N3O6S. The topological polar surface area (TPSA) is 120 Å². The van der Waals surface area contributed by atoms with Gasteiger partial charge in [0.15, 0.2) is 0 Å². The van der Waals surface area contributed by atoms with Crippen molar-refractivity contribution < 1.29 is 24.0 Å². The molecule has 9 nitrogen and oxygen atoms in total. The first-order chi connectivity index (χ1) is 15.9. The fourth-order valence-corrected chi connectivity index (χ4v) is 3.59. The minimum atomic E-state index is -0.525. The predicted octanol–water partition coefficient (Wildman–Crippen LogP) is 4.60. The van der Waals surface area contributed by atoms with Gasteiger partial charge in [-0.15, -0.1) is 11.8 Å². The number of nitrogens with one attached hydrogen (secondary N) is 2. The molecular weight excluding hydrogens is 446 g/mol. The number of carbonyl (C=O) groups excluding carboxylic acids is 2. The number of nitro groups is 1. The van der Waals surface area contributed by atoms with Crippen molar-refractivity contribution in [1.82, 2.24) is 0 Å². The summed E-state index contributed by atoms with van der Waals surface area (Å²) in [5, 5.41) is 16.3. The van der Waals surface area contributed by atoms with Gasteiger partial charge in [-0.25, -0.2) is 0 Å². The number of anilines is 2. The number of non-ortho nitro benzene ring substituents is 1. The van der Waals surface area contributed by atoms with Crippen molar-refractivity contribution in [2.75, 3.05) is 30.6 Å². The zero-order chi connectivity index (χ0) is 23.8. The number of hydrogen-bond acceptors (Lipinski definition) is 7. The van der Waals surface area contributed by atoms with Crippen LogP contribution in [0.4, 0.5) is 17.1 Å². The fourth-order valence-electron chi connectivity index (χ4n) is 2.84. The molecule has 0 unspecified atom stereocenters. The third-order valence-corrected chi connectivity index (χ3v) is 5.48. The van der Waals surface area contributed by atoms with Crippen LogP contribution in [0.1, 0.15) is 10.4 Å². The minimum absolute atomic E-state index is 0.0875. The van der Waals surface area contributed by atoms with Crippen molar-refractivity contribution in [3.63, 3.8) is 0 Å². The number of benzene rings is 3. The highest BCUT2D eigenvalue weighted by atomic mass is 32.2. The van der Waals surface area contributed by atoms with Crippen LogP contribution in [-0.4, -0.2) is 36.7 Å². The van der Waals surface area contributed by atoms with Crippen molar-refractivity contribution in [2.45, 2.75) is 4.90 Å². The van der Waals surface area contributed by atoms with Gasteiger partial charge >= 0.3 is 0 Å². The van der Waals surface area contributed by atoms with Gasteiger partial charge in [0, 0.05) is 34.3 Å². The number of nitro benzene ring substituents is 1. The molecule has 33 heavy (non-hydrogen) atoms. The standard InChI is InChI=1S/C23H21N3O6S/c1-31-18-10-11-20(21(13-18)32-2)25-22(27)14-33-19-5-3-4-16(12-19)24-23(28)15-6-8-17(9-7-15)26(29)30/h3-13H,14H2,1-2H3,(H,24,28)(H,25,27). The number of thioether (sulfide) groups is 1. The van der Waals surface area contributed by atoms with Gasteiger partial charge in [0.05, 0.1) is 30.6 Å². The Balaban J connectivity index is 1.58. The van der Waals surface area contributed by atoms with E-state index >= 15 is 0 Å². The SMILES string of the molecule is COc1ccc(NC(=O)CSc2cccc(NC(=O)c3ccc([N+](=O)[O-])cc3)c2)c(OC)c1. The summed E-state index contributed by atoms with van der Waals surface area (Å²) >= 11 is 1.31. The summed E-state index contributed by atoms with van der Waals surface area (Å²) in [5.41, 5.74) is 1.29. The summed E-state index contributed by atoms with van der Waals surface area (Å²) in [5.74, 6) is 0.644. The molecule has 0 atom stereocenters. The Morgan fingerprint density at radius 1 is 0.970 bits per heavy atom. The maximum atomic E-state index is 12.4. The summed E-state index contributed by atoms with van der Waals surface area (Å²) in [6.07, 6.45) is 0. The number of amides is 2. The number of methoxy groups -OCH3 is 2. The molecule has 3 aromatic rings. The van der Waals surface area contributed by atoms with Crippen molar-refractivity contribution in [1.29, 1.82) is 0 Å². The van der Waals surface area contributed by atoms with E-state index in [4.69, 9.17) is 9.47 Å². The minimum Gasteiger partial charge on any atom is -0.497 e. The Morgan fingerprint density at radius 3 is 2.39 bits per heavy atom. The third kappa shape index (κ3) is 6.47. The van der Waals surface area contributed by atoms with Gasteiger partial charge < -0.3 is 20.1 Å². The lowest BCUT2D eigenvalue weighted by atomic mass is 10.2.